The second kappa shape index (κ2) is 9.75. The smallest absolute Gasteiger partial charge is 0.309 e. The number of carbonyl (C=O) groups is 2. The van der Waals surface area contributed by atoms with Crippen molar-refractivity contribution in [1.82, 2.24) is 4.90 Å². The molecule has 25 heavy (non-hydrogen) atoms. The monoisotopic (exact) mass is 340 g/mol. The number of ether oxygens (including phenoxy) is 1. The predicted molar refractivity (Wildman–Crippen MR) is 95.6 cm³/mol. The van der Waals surface area contributed by atoms with Crippen LogP contribution in [0.3, 0.4) is 0 Å². The first kappa shape index (κ1) is 18.9. The number of likely N-dealkylation sites (tertiary alicyclic amines) is 1. The summed E-state index contributed by atoms with van der Waals surface area (Å²) in [6.07, 6.45) is 5.43. The molecule has 0 radical (unpaired) electrons. The van der Waals surface area contributed by atoms with Crippen molar-refractivity contribution >= 4 is 17.8 Å². The van der Waals surface area contributed by atoms with E-state index in [0.29, 0.717) is 25.1 Å². The molecule has 0 bridgehead atoms. The van der Waals surface area contributed by atoms with E-state index in [0.717, 1.165) is 31.5 Å². The van der Waals surface area contributed by atoms with Crippen LogP contribution in [0, 0.1) is 17.2 Å². The minimum Gasteiger partial charge on any atom is -0.466 e. The molecule has 1 fully saturated rings. The first-order chi connectivity index (χ1) is 12.1. The van der Waals surface area contributed by atoms with Crippen LogP contribution in [0.4, 0.5) is 0 Å². The Morgan fingerprint density at radius 2 is 1.96 bits per heavy atom. The fraction of sp³-hybridized carbons (Fsp3) is 0.450. The van der Waals surface area contributed by atoms with Gasteiger partial charge in [0.2, 0.25) is 0 Å². The lowest BCUT2D eigenvalue weighted by molar-refractivity contribution is -0.149. The van der Waals surface area contributed by atoms with Crippen molar-refractivity contribution in [2.24, 2.45) is 5.92 Å². The number of esters is 1. The summed E-state index contributed by atoms with van der Waals surface area (Å²) in [4.78, 5) is 25.9. The van der Waals surface area contributed by atoms with E-state index in [4.69, 9.17) is 10.00 Å². The Hall–Kier alpha value is -2.45. The van der Waals surface area contributed by atoms with Gasteiger partial charge in [0.05, 0.1) is 24.2 Å². The molecule has 1 aromatic carbocycles. The van der Waals surface area contributed by atoms with Crippen LogP contribution in [-0.2, 0) is 14.3 Å². The third kappa shape index (κ3) is 6.17. The predicted octanol–water partition coefficient (Wildman–Crippen LogP) is 2.81. The molecule has 5 nitrogen and oxygen atoms in total. The van der Waals surface area contributed by atoms with Crippen molar-refractivity contribution in [2.75, 3.05) is 26.2 Å². The highest BCUT2D eigenvalue weighted by Gasteiger charge is 2.25. The van der Waals surface area contributed by atoms with Crippen LogP contribution < -0.4 is 0 Å². The lowest BCUT2D eigenvalue weighted by Gasteiger charge is -2.30. The molecule has 0 N–H and O–H groups in total. The molecule has 1 aromatic rings. The van der Waals surface area contributed by atoms with Gasteiger partial charge in [0.1, 0.15) is 0 Å². The van der Waals surface area contributed by atoms with Crippen molar-refractivity contribution in [3.8, 4) is 6.07 Å². The van der Waals surface area contributed by atoms with Crippen molar-refractivity contribution in [3.63, 3.8) is 0 Å². The van der Waals surface area contributed by atoms with E-state index in [1.807, 2.05) is 19.1 Å². The summed E-state index contributed by atoms with van der Waals surface area (Å²) in [6.45, 7) is 4.63. The zero-order valence-corrected chi connectivity index (χ0v) is 14.6. The zero-order valence-electron chi connectivity index (χ0n) is 14.6. The number of carbonyl (C=O) groups excluding carboxylic acids is 2. The number of nitriles is 1. The third-order valence-corrected chi connectivity index (χ3v) is 4.38. The SMILES string of the molecule is CCOC(=O)C1CCN(CCC(=O)C=Cc2ccc(C#N)cc2)CC1. The Morgan fingerprint density at radius 3 is 2.56 bits per heavy atom. The molecule has 0 aromatic heterocycles. The molecular weight excluding hydrogens is 316 g/mol. The van der Waals surface area contributed by atoms with Crippen molar-refractivity contribution in [2.45, 2.75) is 26.2 Å². The van der Waals surface area contributed by atoms with Crippen LogP contribution in [0.15, 0.2) is 30.3 Å². The van der Waals surface area contributed by atoms with Gasteiger partial charge in [-0.3, -0.25) is 9.59 Å². The lowest BCUT2D eigenvalue weighted by Crippen LogP contribution is -2.37. The summed E-state index contributed by atoms with van der Waals surface area (Å²) in [5.41, 5.74) is 1.51. The molecule has 132 valence electrons. The Bertz CT molecular complexity index is 651. The second-order valence-corrected chi connectivity index (χ2v) is 6.15. The first-order valence-electron chi connectivity index (χ1n) is 8.72. The van der Waals surface area contributed by atoms with E-state index in [1.165, 1.54) is 0 Å². The minimum atomic E-state index is -0.0939. The summed E-state index contributed by atoms with van der Waals surface area (Å²) in [5, 5.41) is 8.76. The molecule has 1 aliphatic heterocycles. The highest BCUT2D eigenvalue weighted by molar-refractivity contribution is 5.93. The van der Waals surface area contributed by atoms with Crippen LogP contribution in [0.25, 0.3) is 6.08 Å². The fourth-order valence-electron chi connectivity index (χ4n) is 2.86. The summed E-state index contributed by atoms with van der Waals surface area (Å²) in [5.74, 6) is -0.0105. The normalized spacial score (nSPS) is 15.8. The molecular formula is C20H24N2O3. The number of ketones is 1. The van der Waals surface area contributed by atoms with Gasteiger partial charge in [0, 0.05) is 13.0 Å². The van der Waals surface area contributed by atoms with Gasteiger partial charge in [-0.15, -0.1) is 0 Å². The first-order valence-corrected chi connectivity index (χ1v) is 8.72. The Morgan fingerprint density at radius 1 is 1.28 bits per heavy atom. The molecule has 1 aliphatic rings. The number of allylic oxidation sites excluding steroid dienone is 1. The molecule has 0 unspecified atom stereocenters. The van der Waals surface area contributed by atoms with E-state index in [9.17, 15) is 9.59 Å². The van der Waals surface area contributed by atoms with Crippen LogP contribution in [0.1, 0.15) is 37.3 Å². The maximum Gasteiger partial charge on any atom is 0.309 e. The van der Waals surface area contributed by atoms with Crippen LogP contribution in [-0.4, -0.2) is 42.9 Å². The molecule has 1 saturated heterocycles. The summed E-state index contributed by atoms with van der Waals surface area (Å²) in [6, 6.07) is 9.18. The standard InChI is InChI=1S/C20H24N2O3/c1-2-25-20(24)18-9-12-22(13-10-18)14-11-19(23)8-7-16-3-5-17(15-21)6-4-16/h3-8,18H,2,9-14H2,1H3. The number of benzene rings is 1. The molecule has 0 atom stereocenters. The average Bonchev–Trinajstić information content (AvgIpc) is 2.65. The molecule has 0 spiro atoms. The van der Waals surface area contributed by atoms with Crippen LogP contribution in [0.2, 0.25) is 0 Å². The van der Waals surface area contributed by atoms with Gasteiger partial charge in [-0.1, -0.05) is 18.2 Å². The number of hydrogen-bond donors (Lipinski definition) is 0. The average molecular weight is 340 g/mol. The fourth-order valence-corrected chi connectivity index (χ4v) is 2.86. The maximum atomic E-state index is 12.0. The summed E-state index contributed by atoms with van der Waals surface area (Å²) >= 11 is 0. The Kier molecular flexibility index (Phi) is 7.36. The van der Waals surface area contributed by atoms with Gasteiger partial charge in [-0.25, -0.2) is 0 Å². The van der Waals surface area contributed by atoms with E-state index >= 15 is 0 Å². The minimum absolute atomic E-state index is 0.00294. The van der Waals surface area contributed by atoms with E-state index < -0.39 is 0 Å². The van der Waals surface area contributed by atoms with Gasteiger partial charge in [-0.2, -0.15) is 5.26 Å². The number of nitrogens with zero attached hydrogens (tertiary/aromatic N) is 2. The number of rotatable bonds is 7. The maximum absolute atomic E-state index is 12.0. The van der Waals surface area contributed by atoms with Crippen LogP contribution >= 0.6 is 0 Å². The molecule has 5 heteroatoms. The number of hydrogen-bond acceptors (Lipinski definition) is 5. The van der Waals surface area contributed by atoms with Gasteiger partial charge < -0.3 is 9.64 Å². The van der Waals surface area contributed by atoms with Gasteiger partial charge in [0.25, 0.3) is 0 Å². The molecule has 0 aliphatic carbocycles. The second-order valence-electron chi connectivity index (χ2n) is 6.15. The topological polar surface area (TPSA) is 70.4 Å². The summed E-state index contributed by atoms with van der Waals surface area (Å²) < 4.78 is 5.06. The quantitative estimate of drug-likeness (QED) is 0.564. The molecule has 2 rings (SSSR count). The van der Waals surface area contributed by atoms with Gasteiger partial charge >= 0.3 is 5.97 Å². The van der Waals surface area contributed by atoms with Crippen molar-refractivity contribution in [3.05, 3.63) is 41.5 Å². The lowest BCUT2D eigenvalue weighted by atomic mass is 9.97. The van der Waals surface area contributed by atoms with E-state index in [-0.39, 0.29) is 17.7 Å². The number of piperidine rings is 1. The van der Waals surface area contributed by atoms with Crippen molar-refractivity contribution in [1.29, 1.82) is 5.26 Å². The highest BCUT2D eigenvalue weighted by atomic mass is 16.5. The molecule has 0 saturated carbocycles. The largest absolute Gasteiger partial charge is 0.466 e. The Balaban J connectivity index is 1.71. The molecule has 0 amide bonds. The summed E-state index contributed by atoms with van der Waals surface area (Å²) in [7, 11) is 0. The van der Waals surface area contributed by atoms with Crippen LogP contribution in [0.5, 0.6) is 0 Å². The van der Waals surface area contributed by atoms with E-state index in [1.54, 1.807) is 24.3 Å². The van der Waals surface area contributed by atoms with E-state index in [2.05, 4.69) is 11.0 Å². The van der Waals surface area contributed by atoms with Gasteiger partial charge in [-0.05, 0) is 56.6 Å². The zero-order chi connectivity index (χ0) is 18.1. The Labute approximate surface area is 148 Å². The third-order valence-electron chi connectivity index (χ3n) is 4.38. The van der Waals surface area contributed by atoms with Gasteiger partial charge in [0.15, 0.2) is 5.78 Å². The molecule has 1 heterocycles. The highest BCUT2D eigenvalue weighted by Crippen LogP contribution is 2.18. The van der Waals surface area contributed by atoms with Crippen molar-refractivity contribution < 1.29 is 14.3 Å².